The first-order valence-electron chi connectivity index (χ1n) is 5.86. The molecule has 0 atom stereocenters. The Balaban J connectivity index is 0. The molecule has 11 heteroatoms. The van der Waals surface area contributed by atoms with E-state index in [2.05, 4.69) is 4.74 Å². The van der Waals surface area contributed by atoms with Crippen LogP contribution in [0.25, 0.3) is 0 Å². The van der Waals surface area contributed by atoms with Gasteiger partial charge in [0.1, 0.15) is 11.3 Å². The van der Waals surface area contributed by atoms with E-state index in [1.165, 1.54) is 12.1 Å². The van der Waals surface area contributed by atoms with Crippen molar-refractivity contribution in [3.63, 3.8) is 0 Å². The number of carboxylic acids is 3. The minimum atomic E-state index is -2.78. The average Bonchev–Trinajstić information content (AvgIpc) is 2.36. The predicted molar refractivity (Wildman–Crippen MR) is 82.7 cm³/mol. The van der Waals surface area contributed by atoms with Crippen molar-refractivity contribution in [1.29, 1.82) is 0 Å². The van der Waals surface area contributed by atoms with Crippen LogP contribution < -0.4 is 0 Å². The van der Waals surface area contributed by atoms with Crippen molar-refractivity contribution in [2.45, 2.75) is 18.4 Å². The van der Waals surface area contributed by atoms with Gasteiger partial charge in [-0.15, -0.1) is 0 Å². The van der Waals surface area contributed by atoms with E-state index in [-0.39, 0.29) is 59.1 Å². The van der Waals surface area contributed by atoms with Crippen molar-refractivity contribution in [1.82, 2.24) is 0 Å². The summed E-state index contributed by atoms with van der Waals surface area (Å²) in [6, 6.07) is 5.00. The second-order valence-corrected chi connectivity index (χ2v) is 4.35. The Morgan fingerprint density at radius 1 is 0.917 bits per heavy atom. The third-order valence-electron chi connectivity index (χ3n) is 2.68. The molecule has 0 saturated heterocycles. The summed E-state index contributed by atoms with van der Waals surface area (Å²) in [5, 5.41) is 36.1. The van der Waals surface area contributed by atoms with E-state index in [4.69, 9.17) is 15.3 Å². The number of benzene rings is 1. The summed E-state index contributed by atoms with van der Waals surface area (Å²) in [7, 11) is 0. The van der Waals surface area contributed by atoms with Gasteiger partial charge in [0, 0.05) is 0 Å². The number of ether oxygens (including phenoxy) is 1. The van der Waals surface area contributed by atoms with Crippen molar-refractivity contribution in [3.05, 3.63) is 29.8 Å². The topological polar surface area (TPSA) is 158 Å². The number of phenols is 1. The molecule has 0 unspecified atom stereocenters. The van der Waals surface area contributed by atoms with E-state index in [0.29, 0.717) is 0 Å². The van der Waals surface area contributed by atoms with Crippen molar-refractivity contribution < 1.29 is 44.3 Å². The Hall–Kier alpha value is -1.10. The number of esters is 1. The van der Waals surface area contributed by atoms with Crippen molar-refractivity contribution in [2.75, 3.05) is 0 Å². The number of para-hydroxylation sites is 1. The maximum absolute atomic E-state index is 11.9. The normalized spacial score (nSPS) is 9.83. The summed E-state index contributed by atoms with van der Waals surface area (Å²) < 4.78 is 4.63. The molecule has 1 aromatic rings. The molecule has 0 amide bonds. The van der Waals surface area contributed by atoms with Gasteiger partial charge in [-0.3, -0.25) is 9.59 Å². The summed E-state index contributed by atoms with van der Waals surface area (Å²) in [5.74, 6) is -7.09. The number of rotatable bonds is 7. The summed E-state index contributed by atoms with van der Waals surface area (Å²) in [4.78, 5) is 44.8. The Kier molecular flexibility index (Phi) is 11.2. The first-order valence-corrected chi connectivity index (χ1v) is 5.86. The SMILES string of the molecule is O=C(O)CC(CC(=O)O)(OC(=O)c1ccccc1O)C(=O)O.[NaH].[NaH]. The summed E-state index contributed by atoms with van der Waals surface area (Å²) >= 11 is 0. The molecule has 4 N–H and O–H groups in total. The van der Waals surface area contributed by atoms with Gasteiger partial charge >= 0.3 is 83.0 Å². The molecule has 0 aliphatic carbocycles. The molecule has 0 saturated carbocycles. The van der Waals surface area contributed by atoms with Crippen LogP contribution in [-0.4, -0.2) is 109 Å². The molecular weight excluding hydrogens is 346 g/mol. The number of phenolic OH excluding ortho intramolecular Hbond substituents is 1. The molecule has 9 nitrogen and oxygen atoms in total. The zero-order valence-electron chi connectivity index (χ0n) is 11.1. The fourth-order valence-electron chi connectivity index (χ4n) is 1.70. The van der Waals surface area contributed by atoms with E-state index in [0.717, 1.165) is 12.1 Å². The maximum atomic E-state index is 11.9. The zero-order chi connectivity index (χ0) is 16.9. The molecule has 0 aliphatic rings. The molecule has 0 aliphatic heterocycles. The molecule has 122 valence electrons. The summed E-state index contributed by atoms with van der Waals surface area (Å²) in [5.41, 5.74) is -3.19. The predicted octanol–water partition coefficient (Wildman–Crippen LogP) is -0.975. The fourth-order valence-corrected chi connectivity index (χ4v) is 1.70. The number of hydrogen-bond acceptors (Lipinski definition) is 6. The monoisotopic (exact) mass is 360 g/mol. The van der Waals surface area contributed by atoms with Gasteiger partial charge in [-0.25, -0.2) is 9.59 Å². The van der Waals surface area contributed by atoms with Crippen LogP contribution in [0.1, 0.15) is 23.2 Å². The van der Waals surface area contributed by atoms with Crippen LogP contribution in [0.2, 0.25) is 0 Å². The van der Waals surface area contributed by atoms with Crippen molar-refractivity contribution in [3.8, 4) is 5.75 Å². The van der Waals surface area contributed by atoms with E-state index < -0.39 is 53.6 Å². The van der Waals surface area contributed by atoms with Crippen LogP contribution in [0.3, 0.4) is 0 Å². The van der Waals surface area contributed by atoms with Gasteiger partial charge in [-0.2, -0.15) is 0 Å². The minimum absolute atomic E-state index is 0. The molecule has 0 heterocycles. The Morgan fingerprint density at radius 3 is 1.75 bits per heavy atom. The second kappa shape index (κ2) is 10.7. The molecule has 1 aromatic carbocycles. The summed E-state index contributed by atoms with van der Waals surface area (Å²) in [6.45, 7) is 0. The third kappa shape index (κ3) is 6.80. The van der Waals surface area contributed by atoms with Crippen LogP contribution in [0.4, 0.5) is 0 Å². The molecule has 0 fully saturated rings. The first-order chi connectivity index (χ1) is 10.2. The average molecular weight is 360 g/mol. The number of carboxylic acid groups (broad SMARTS) is 3. The van der Waals surface area contributed by atoms with Crippen LogP contribution in [0, 0.1) is 0 Å². The number of hydrogen-bond donors (Lipinski definition) is 4. The van der Waals surface area contributed by atoms with Gasteiger partial charge in [0.15, 0.2) is 0 Å². The van der Waals surface area contributed by atoms with Gasteiger partial charge in [-0.05, 0) is 12.1 Å². The number of aliphatic carboxylic acids is 3. The van der Waals surface area contributed by atoms with Gasteiger partial charge < -0.3 is 25.2 Å². The molecule has 0 bridgehead atoms. The van der Waals surface area contributed by atoms with Crippen LogP contribution in [0.5, 0.6) is 5.75 Å². The van der Waals surface area contributed by atoms with Crippen LogP contribution in [0.15, 0.2) is 24.3 Å². The standard InChI is InChI=1S/C13H12O9.2Na.2H/c14-8-4-2-1-3-7(8)11(19)22-13(12(20)21,5-9(15)16)6-10(17)18;;;;/h1-4,14H,5-6H2,(H,15,16)(H,17,18)(H,20,21);;;;. The second-order valence-electron chi connectivity index (χ2n) is 4.35. The van der Waals surface area contributed by atoms with Gasteiger partial charge in [-0.1, -0.05) is 12.1 Å². The Morgan fingerprint density at radius 2 is 1.38 bits per heavy atom. The Labute approximate surface area is 180 Å². The molecule has 1 rings (SSSR count). The van der Waals surface area contributed by atoms with Crippen molar-refractivity contribution >= 4 is 83.0 Å². The molecular formula is C13H14Na2O9. The number of carbonyl (C=O) groups is 4. The van der Waals surface area contributed by atoms with Gasteiger partial charge in [0.25, 0.3) is 0 Å². The van der Waals surface area contributed by atoms with E-state index in [9.17, 15) is 24.3 Å². The van der Waals surface area contributed by atoms with Crippen LogP contribution >= 0.6 is 0 Å². The number of carbonyl (C=O) groups excluding carboxylic acids is 1. The zero-order valence-corrected chi connectivity index (χ0v) is 11.1. The van der Waals surface area contributed by atoms with E-state index in [1.54, 1.807) is 0 Å². The van der Waals surface area contributed by atoms with Crippen LogP contribution in [-0.2, 0) is 19.1 Å². The van der Waals surface area contributed by atoms with Crippen molar-refractivity contribution in [2.24, 2.45) is 0 Å². The first kappa shape index (κ1) is 25.1. The molecule has 24 heavy (non-hydrogen) atoms. The van der Waals surface area contributed by atoms with E-state index in [1.807, 2.05) is 0 Å². The number of aromatic hydroxyl groups is 1. The quantitative estimate of drug-likeness (QED) is 0.354. The molecule has 0 aromatic heterocycles. The third-order valence-corrected chi connectivity index (χ3v) is 2.68. The van der Waals surface area contributed by atoms with Gasteiger partial charge in [0.2, 0.25) is 5.60 Å². The molecule has 0 spiro atoms. The fraction of sp³-hybridized carbons (Fsp3) is 0.231. The molecule has 0 radical (unpaired) electrons. The Bertz CT molecular complexity index is 614. The van der Waals surface area contributed by atoms with E-state index >= 15 is 0 Å². The van der Waals surface area contributed by atoms with Gasteiger partial charge in [0.05, 0.1) is 12.8 Å². The summed E-state index contributed by atoms with van der Waals surface area (Å²) in [6.07, 6.45) is -2.48.